The van der Waals surface area contributed by atoms with E-state index >= 15 is 0 Å². The normalized spacial score (nSPS) is 10.6. The summed E-state index contributed by atoms with van der Waals surface area (Å²) in [5.74, 6) is 0. The van der Waals surface area contributed by atoms with Gasteiger partial charge in [-0.3, -0.25) is 0 Å². The van der Waals surface area contributed by atoms with E-state index in [2.05, 4.69) is 0 Å². The molecule has 0 radical (unpaired) electrons. The maximum absolute atomic E-state index is 6.14. The van der Waals surface area contributed by atoms with Crippen molar-refractivity contribution in [1.82, 2.24) is 0 Å². The van der Waals surface area contributed by atoms with Crippen molar-refractivity contribution in [3.05, 3.63) is 50.4 Å². The Morgan fingerprint density at radius 1 is 0.765 bits per heavy atom. The van der Waals surface area contributed by atoms with Crippen LogP contribution in [0.5, 0.6) is 0 Å². The largest absolute Gasteiger partial charge is 0.399 e. The Balaban J connectivity index is 2.76. The highest BCUT2D eigenvalue weighted by Crippen LogP contribution is 2.42. The molecule has 0 saturated heterocycles. The SMILES string of the molecule is Nc1ccc(Cl)c(-c2c(Cl)ccc(Cl)c2Cl)c1. The first-order valence-corrected chi connectivity index (χ1v) is 6.21. The van der Waals surface area contributed by atoms with Gasteiger partial charge in [0.2, 0.25) is 0 Å². The zero-order chi connectivity index (χ0) is 12.6. The molecule has 0 aliphatic carbocycles. The van der Waals surface area contributed by atoms with Crippen molar-refractivity contribution >= 4 is 52.1 Å². The van der Waals surface area contributed by atoms with E-state index in [1.807, 2.05) is 0 Å². The zero-order valence-corrected chi connectivity index (χ0v) is 11.5. The van der Waals surface area contributed by atoms with Gasteiger partial charge in [0.1, 0.15) is 0 Å². The fraction of sp³-hybridized carbons (Fsp3) is 0. The molecular weight excluding hydrogens is 300 g/mol. The maximum atomic E-state index is 6.14. The van der Waals surface area contributed by atoms with Crippen molar-refractivity contribution in [2.75, 3.05) is 5.73 Å². The van der Waals surface area contributed by atoms with E-state index < -0.39 is 0 Å². The topological polar surface area (TPSA) is 26.0 Å². The summed E-state index contributed by atoms with van der Waals surface area (Å²) >= 11 is 24.3. The van der Waals surface area contributed by atoms with E-state index in [0.29, 0.717) is 36.9 Å². The number of anilines is 1. The van der Waals surface area contributed by atoms with E-state index in [9.17, 15) is 0 Å². The molecule has 2 rings (SSSR count). The van der Waals surface area contributed by atoms with Gasteiger partial charge in [-0.25, -0.2) is 0 Å². The Bertz CT molecular complexity index is 581. The maximum Gasteiger partial charge on any atom is 0.0686 e. The van der Waals surface area contributed by atoms with Gasteiger partial charge in [-0.2, -0.15) is 0 Å². The molecule has 0 atom stereocenters. The second-order valence-corrected chi connectivity index (χ2v) is 5.06. The van der Waals surface area contributed by atoms with Crippen LogP contribution in [-0.4, -0.2) is 0 Å². The highest BCUT2D eigenvalue weighted by molar-refractivity contribution is 6.46. The lowest BCUT2D eigenvalue weighted by atomic mass is 10.0. The number of halogens is 4. The molecule has 0 amide bonds. The second kappa shape index (κ2) is 4.95. The molecule has 2 aromatic carbocycles. The fourth-order valence-electron chi connectivity index (χ4n) is 1.51. The lowest BCUT2D eigenvalue weighted by Gasteiger charge is -2.11. The molecule has 0 unspecified atom stereocenters. The van der Waals surface area contributed by atoms with Crippen molar-refractivity contribution in [3.8, 4) is 11.1 Å². The molecule has 2 N–H and O–H groups in total. The molecule has 1 nitrogen and oxygen atoms in total. The molecule has 2 aromatic rings. The van der Waals surface area contributed by atoms with Gasteiger partial charge in [-0.05, 0) is 30.3 Å². The molecule has 0 bridgehead atoms. The van der Waals surface area contributed by atoms with Crippen LogP contribution in [0.2, 0.25) is 20.1 Å². The van der Waals surface area contributed by atoms with Gasteiger partial charge in [0, 0.05) is 21.8 Å². The molecule has 0 spiro atoms. The van der Waals surface area contributed by atoms with Crippen molar-refractivity contribution in [3.63, 3.8) is 0 Å². The fourth-order valence-corrected chi connectivity index (χ4v) is 2.45. The van der Waals surface area contributed by atoms with Crippen molar-refractivity contribution in [2.45, 2.75) is 0 Å². The Hall–Kier alpha value is -0.600. The van der Waals surface area contributed by atoms with Crippen LogP contribution in [0.3, 0.4) is 0 Å². The predicted octanol–water partition coefficient (Wildman–Crippen LogP) is 5.55. The van der Waals surface area contributed by atoms with E-state index in [1.165, 1.54) is 0 Å². The van der Waals surface area contributed by atoms with Crippen LogP contribution in [0.15, 0.2) is 30.3 Å². The van der Waals surface area contributed by atoms with E-state index in [-0.39, 0.29) is 0 Å². The summed E-state index contributed by atoms with van der Waals surface area (Å²) in [6.45, 7) is 0. The molecule has 0 aromatic heterocycles. The first-order valence-electron chi connectivity index (χ1n) is 4.69. The van der Waals surface area contributed by atoms with E-state index in [0.717, 1.165) is 0 Å². The molecule has 0 saturated carbocycles. The third-order valence-corrected chi connectivity index (χ3v) is 3.75. The minimum Gasteiger partial charge on any atom is -0.399 e. The molecule has 0 heterocycles. The molecule has 88 valence electrons. The van der Waals surface area contributed by atoms with Gasteiger partial charge in [-0.15, -0.1) is 0 Å². The monoisotopic (exact) mass is 305 g/mol. The summed E-state index contributed by atoms with van der Waals surface area (Å²) in [5, 5.41) is 1.79. The average Bonchev–Trinajstić information content (AvgIpc) is 2.29. The summed E-state index contributed by atoms with van der Waals surface area (Å²) in [6.07, 6.45) is 0. The van der Waals surface area contributed by atoms with Gasteiger partial charge in [0.15, 0.2) is 0 Å². The quantitative estimate of drug-likeness (QED) is 0.542. The zero-order valence-electron chi connectivity index (χ0n) is 8.48. The first-order chi connectivity index (χ1) is 8.00. The Kier molecular flexibility index (Phi) is 3.74. The minimum atomic E-state index is 0.367. The number of nitrogen functional groups attached to an aromatic ring is 1. The second-order valence-electron chi connectivity index (χ2n) is 3.46. The minimum absolute atomic E-state index is 0.367. The predicted molar refractivity (Wildman–Crippen MR) is 76.3 cm³/mol. The van der Waals surface area contributed by atoms with Gasteiger partial charge in [-0.1, -0.05) is 46.4 Å². The Morgan fingerprint density at radius 2 is 1.35 bits per heavy atom. The molecular formula is C12H7Cl4N. The van der Waals surface area contributed by atoms with E-state index in [1.54, 1.807) is 30.3 Å². The van der Waals surface area contributed by atoms with Crippen LogP contribution in [0.1, 0.15) is 0 Å². The first kappa shape index (κ1) is 12.8. The molecule has 5 heteroatoms. The average molecular weight is 307 g/mol. The molecule has 0 fully saturated rings. The summed E-state index contributed by atoms with van der Waals surface area (Å²) < 4.78 is 0. The Labute approximate surface area is 119 Å². The summed E-state index contributed by atoms with van der Waals surface area (Å²) in [7, 11) is 0. The lowest BCUT2D eigenvalue weighted by Crippen LogP contribution is -1.89. The van der Waals surface area contributed by atoms with Crippen LogP contribution in [0.25, 0.3) is 11.1 Å². The van der Waals surface area contributed by atoms with Crippen molar-refractivity contribution in [2.24, 2.45) is 0 Å². The van der Waals surface area contributed by atoms with Crippen LogP contribution in [0, 0.1) is 0 Å². The number of rotatable bonds is 1. The van der Waals surface area contributed by atoms with Crippen LogP contribution in [0.4, 0.5) is 5.69 Å². The van der Waals surface area contributed by atoms with Crippen molar-refractivity contribution in [1.29, 1.82) is 0 Å². The van der Waals surface area contributed by atoms with Gasteiger partial charge in [0.05, 0.1) is 15.1 Å². The third-order valence-electron chi connectivity index (χ3n) is 2.30. The summed E-state index contributed by atoms with van der Waals surface area (Å²) in [6, 6.07) is 8.42. The summed E-state index contributed by atoms with van der Waals surface area (Å²) in [4.78, 5) is 0. The van der Waals surface area contributed by atoms with Crippen molar-refractivity contribution < 1.29 is 0 Å². The smallest absolute Gasteiger partial charge is 0.0686 e. The molecule has 0 aliphatic rings. The van der Waals surface area contributed by atoms with Gasteiger partial charge < -0.3 is 5.73 Å². The number of hydrogen-bond acceptors (Lipinski definition) is 1. The number of nitrogens with two attached hydrogens (primary N) is 1. The molecule has 17 heavy (non-hydrogen) atoms. The Morgan fingerprint density at radius 3 is 2.06 bits per heavy atom. The van der Waals surface area contributed by atoms with E-state index in [4.69, 9.17) is 52.1 Å². The summed E-state index contributed by atoms with van der Waals surface area (Å²) in [5.41, 5.74) is 7.57. The van der Waals surface area contributed by atoms with Gasteiger partial charge >= 0.3 is 0 Å². The number of hydrogen-bond donors (Lipinski definition) is 1. The van der Waals surface area contributed by atoms with Gasteiger partial charge in [0.25, 0.3) is 0 Å². The van der Waals surface area contributed by atoms with Crippen LogP contribution < -0.4 is 5.73 Å². The molecule has 0 aliphatic heterocycles. The highest BCUT2D eigenvalue weighted by atomic mass is 35.5. The standard InChI is InChI=1S/C12H7Cl4N/c13-8-2-1-6(17)5-7(8)11-9(14)3-4-10(15)12(11)16/h1-5H,17H2. The van der Waals surface area contributed by atoms with Crippen LogP contribution in [-0.2, 0) is 0 Å². The third kappa shape index (κ3) is 2.48. The van der Waals surface area contributed by atoms with Crippen LogP contribution >= 0.6 is 46.4 Å². The lowest BCUT2D eigenvalue weighted by molar-refractivity contribution is 1.61. The highest BCUT2D eigenvalue weighted by Gasteiger charge is 2.14. The number of benzene rings is 2.